The zero-order valence-electron chi connectivity index (χ0n) is 10.2. The molecule has 2 saturated heterocycles. The summed E-state index contributed by atoms with van der Waals surface area (Å²) in [7, 11) is 0. The van der Waals surface area contributed by atoms with Gasteiger partial charge in [-0.3, -0.25) is 4.99 Å². The van der Waals surface area contributed by atoms with Gasteiger partial charge in [-0.05, 0) is 24.5 Å². The minimum absolute atomic E-state index is 0.628. The van der Waals surface area contributed by atoms with Crippen LogP contribution in [-0.2, 0) is 0 Å². The van der Waals surface area contributed by atoms with Gasteiger partial charge in [-0.15, -0.1) is 0 Å². The van der Waals surface area contributed by atoms with Crippen LogP contribution in [0.15, 0.2) is 4.99 Å². The molecular weight excluding hydrogens is 236 g/mol. The van der Waals surface area contributed by atoms with E-state index in [2.05, 4.69) is 30.9 Å². The fourth-order valence-corrected chi connectivity index (χ4v) is 4.42. The summed E-state index contributed by atoms with van der Waals surface area (Å²) < 4.78 is 0. The highest BCUT2D eigenvalue weighted by Gasteiger charge is 2.23. The van der Waals surface area contributed by atoms with Crippen molar-refractivity contribution < 1.29 is 0 Å². The van der Waals surface area contributed by atoms with Gasteiger partial charge < -0.3 is 5.32 Å². The third-order valence-electron chi connectivity index (χ3n) is 3.23. The van der Waals surface area contributed by atoms with Gasteiger partial charge in [-0.25, -0.2) is 0 Å². The Hall–Kier alpha value is 0.170. The number of nitrogens with zero attached hydrogens (tertiary/aromatic N) is 1. The third-order valence-corrected chi connectivity index (χ3v) is 5.65. The number of aliphatic imine (C=N–C) groups is 1. The Balaban J connectivity index is 1.75. The van der Waals surface area contributed by atoms with E-state index in [4.69, 9.17) is 4.99 Å². The van der Waals surface area contributed by atoms with Gasteiger partial charge in [0.2, 0.25) is 0 Å². The molecule has 2 heterocycles. The molecule has 0 aromatic heterocycles. The second kappa shape index (κ2) is 6.20. The SMILES string of the molecule is CC(C)C1CSC(=NCC2CCCCS2)N1. The highest BCUT2D eigenvalue weighted by molar-refractivity contribution is 8.14. The van der Waals surface area contributed by atoms with Crippen LogP contribution in [0.1, 0.15) is 33.1 Å². The van der Waals surface area contributed by atoms with Gasteiger partial charge in [-0.1, -0.05) is 32.0 Å². The van der Waals surface area contributed by atoms with Gasteiger partial charge in [0.05, 0.1) is 6.54 Å². The maximum Gasteiger partial charge on any atom is 0.156 e. The number of thioether (sulfide) groups is 2. The largest absolute Gasteiger partial charge is 0.361 e. The van der Waals surface area contributed by atoms with E-state index in [0.29, 0.717) is 12.0 Å². The number of rotatable bonds is 3. The van der Waals surface area contributed by atoms with Crippen molar-refractivity contribution >= 4 is 28.7 Å². The molecule has 2 aliphatic heterocycles. The Bertz CT molecular complexity index is 247. The summed E-state index contributed by atoms with van der Waals surface area (Å²) in [5.41, 5.74) is 0. The lowest BCUT2D eigenvalue weighted by Crippen LogP contribution is -2.32. The second-order valence-electron chi connectivity index (χ2n) is 4.94. The van der Waals surface area contributed by atoms with Crippen molar-refractivity contribution in [2.75, 3.05) is 18.1 Å². The average molecular weight is 258 g/mol. The molecular formula is C12H22N2S2. The molecule has 2 nitrogen and oxygen atoms in total. The lowest BCUT2D eigenvalue weighted by atomic mass is 10.1. The van der Waals surface area contributed by atoms with Crippen LogP contribution in [0.3, 0.4) is 0 Å². The summed E-state index contributed by atoms with van der Waals surface area (Å²) in [4.78, 5) is 4.73. The number of hydrogen-bond acceptors (Lipinski definition) is 3. The van der Waals surface area contributed by atoms with E-state index in [-0.39, 0.29) is 0 Å². The van der Waals surface area contributed by atoms with Crippen molar-refractivity contribution in [3.8, 4) is 0 Å². The first-order valence-corrected chi connectivity index (χ1v) is 8.34. The summed E-state index contributed by atoms with van der Waals surface area (Å²) in [5, 5.41) is 5.50. The molecule has 0 aliphatic carbocycles. The van der Waals surface area contributed by atoms with Gasteiger partial charge in [0.1, 0.15) is 0 Å². The van der Waals surface area contributed by atoms with Crippen LogP contribution in [-0.4, -0.2) is 34.5 Å². The molecule has 0 saturated carbocycles. The second-order valence-corrected chi connectivity index (χ2v) is 7.36. The monoisotopic (exact) mass is 258 g/mol. The maximum absolute atomic E-state index is 4.73. The zero-order chi connectivity index (χ0) is 11.4. The molecule has 2 fully saturated rings. The van der Waals surface area contributed by atoms with Gasteiger partial charge in [0, 0.05) is 17.0 Å². The molecule has 2 rings (SSSR count). The molecule has 92 valence electrons. The first-order chi connectivity index (χ1) is 7.75. The van der Waals surface area contributed by atoms with Crippen LogP contribution in [0.4, 0.5) is 0 Å². The molecule has 0 spiro atoms. The topological polar surface area (TPSA) is 24.4 Å². The molecule has 4 heteroatoms. The predicted octanol–water partition coefficient (Wildman–Crippen LogP) is 2.99. The molecule has 0 amide bonds. The summed E-state index contributed by atoms with van der Waals surface area (Å²) in [5.74, 6) is 3.24. The average Bonchev–Trinajstić information content (AvgIpc) is 2.76. The molecule has 0 aromatic carbocycles. The lowest BCUT2D eigenvalue weighted by Gasteiger charge is -2.19. The van der Waals surface area contributed by atoms with E-state index in [1.54, 1.807) is 0 Å². The van der Waals surface area contributed by atoms with Crippen molar-refractivity contribution in [1.29, 1.82) is 0 Å². The summed E-state index contributed by atoms with van der Waals surface area (Å²) in [6.45, 7) is 5.57. The standard InChI is InChI=1S/C12H22N2S2/c1-9(2)11-8-16-12(14-11)13-7-10-5-3-4-6-15-10/h9-11H,3-8H2,1-2H3,(H,13,14). The number of nitrogens with one attached hydrogen (secondary N) is 1. The molecule has 2 unspecified atom stereocenters. The fraction of sp³-hybridized carbons (Fsp3) is 0.917. The van der Waals surface area contributed by atoms with Crippen LogP contribution in [0.2, 0.25) is 0 Å². The van der Waals surface area contributed by atoms with Crippen LogP contribution < -0.4 is 5.32 Å². The van der Waals surface area contributed by atoms with Crippen molar-refractivity contribution in [3.05, 3.63) is 0 Å². The smallest absolute Gasteiger partial charge is 0.156 e. The highest BCUT2D eigenvalue weighted by atomic mass is 32.2. The van der Waals surface area contributed by atoms with Crippen molar-refractivity contribution in [2.24, 2.45) is 10.9 Å². The van der Waals surface area contributed by atoms with Crippen LogP contribution in [0.25, 0.3) is 0 Å². The Kier molecular flexibility index (Phi) is 4.89. The summed E-state index contributed by atoms with van der Waals surface area (Å²) in [6, 6.07) is 0.628. The van der Waals surface area contributed by atoms with Gasteiger partial charge in [0.25, 0.3) is 0 Å². The molecule has 2 atom stereocenters. The van der Waals surface area contributed by atoms with Crippen molar-refractivity contribution in [2.45, 2.75) is 44.4 Å². The summed E-state index contributed by atoms with van der Waals surface area (Å²) >= 11 is 4.01. The predicted molar refractivity (Wildman–Crippen MR) is 76.6 cm³/mol. The Morgan fingerprint density at radius 2 is 2.31 bits per heavy atom. The van der Waals surface area contributed by atoms with Gasteiger partial charge in [0.15, 0.2) is 5.17 Å². The lowest BCUT2D eigenvalue weighted by molar-refractivity contribution is 0.503. The van der Waals surface area contributed by atoms with E-state index in [9.17, 15) is 0 Å². The first kappa shape index (κ1) is 12.6. The van der Waals surface area contributed by atoms with Crippen molar-refractivity contribution in [1.82, 2.24) is 5.32 Å². The quantitative estimate of drug-likeness (QED) is 0.842. The highest BCUT2D eigenvalue weighted by Crippen LogP contribution is 2.26. The fourth-order valence-electron chi connectivity index (χ4n) is 2.00. The maximum atomic E-state index is 4.73. The van der Waals surface area contributed by atoms with Gasteiger partial charge >= 0.3 is 0 Å². The molecule has 0 aromatic rings. The van der Waals surface area contributed by atoms with E-state index in [1.165, 1.54) is 35.9 Å². The number of hydrogen-bond donors (Lipinski definition) is 1. The molecule has 2 aliphatic rings. The Morgan fingerprint density at radius 1 is 1.44 bits per heavy atom. The molecule has 16 heavy (non-hydrogen) atoms. The van der Waals surface area contributed by atoms with Crippen LogP contribution in [0.5, 0.6) is 0 Å². The van der Waals surface area contributed by atoms with Crippen LogP contribution in [0, 0.1) is 5.92 Å². The minimum Gasteiger partial charge on any atom is -0.361 e. The summed E-state index contributed by atoms with van der Waals surface area (Å²) in [6.07, 6.45) is 4.16. The Labute approximate surface area is 107 Å². The van der Waals surface area contributed by atoms with Gasteiger partial charge in [-0.2, -0.15) is 11.8 Å². The van der Waals surface area contributed by atoms with Crippen LogP contribution >= 0.6 is 23.5 Å². The van der Waals surface area contributed by atoms with E-state index >= 15 is 0 Å². The van der Waals surface area contributed by atoms with E-state index in [0.717, 1.165) is 11.8 Å². The third kappa shape index (κ3) is 3.59. The normalized spacial score (nSPS) is 33.3. The molecule has 1 N–H and O–H groups in total. The zero-order valence-corrected chi connectivity index (χ0v) is 11.9. The number of amidine groups is 1. The van der Waals surface area contributed by atoms with Crippen molar-refractivity contribution in [3.63, 3.8) is 0 Å². The molecule has 0 radical (unpaired) electrons. The van der Waals surface area contributed by atoms with E-state index in [1.807, 2.05) is 11.8 Å². The molecule has 0 bridgehead atoms. The van der Waals surface area contributed by atoms with E-state index < -0.39 is 0 Å². The Morgan fingerprint density at radius 3 is 2.94 bits per heavy atom. The minimum atomic E-state index is 0.628. The first-order valence-electron chi connectivity index (χ1n) is 6.31.